The summed E-state index contributed by atoms with van der Waals surface area (Å²) in [5, 5.41) is 0. The molecule has 2 N–H and O–H groups in total. The van der Waals surface area contributed by atoms with Crippen molar-refractivity contribution >= 4 is 11.6 Å². The predicted octanol–water partition coefficient (Wildman–Crippen LogP) is 1.08. The average molecular weight is 263 g/mol. The third kappa shape index (κ3) is 3.36. The van der Waals surface area contributed by atoms with Crippen LogP contribution in [0.2, 0.25) is 0 Å². The molecule has 0 aromatic carbocycles. The summed E-state index contributed by atoms with van der Waals surface area (Å²) in [7, 11) is 0. The molecule has 1 saturated heterocycles. The average Bonchev–Trinajstić information content (AvgIpc) is 2.75. The molecule has 2 rings (SSSR count). The van der Waals surface area contributed by atoms with Crippen LogP contribution >= 0.6 is 0 Å². The van der Waals surface area contributed by atoms with Crippen molar-refractivity contribution in [2.75, 3.05) is 18.8 Å². The molecule has 0 aliphatic carbocycles. The second-order valence-corrected chi connectivity index (χ2v) is 5.17. The van der Waals surface area contributed by atoms with Gasteiger partial charge in [0.25, 0.3) is 5.56 Å². The Morgan fingerprint density at radius 2 is 2.11 bits per heavy atom. The zero-order valence-electron chi connectivity index (χ0n) is 11.3. The van der Waals surface area contributed by atoms with E-state index in [0.29, 0.717) is 24.6 Å². The second kappa shape index (κ2) is 5.91. The lowest BCUT2D eigenvalue weighted by atomic mass is 10.1. The van der Waals surface area contributed by atoms with Gasteiger partial charge in [0.1, 0.15) is 0 Å². The number of nitrogens with two attached hydrogens (primary N) is 1. The minimum atomic E-state index is -0.0478. The van der Waals surface area contributed by atoms with Gasteiger partial charge in [-0.1, -0.05) is 13.3 Å². The molecule has 5 nitrogen and oxygen atoms in total. The fourth-order valence-corrected chi connectivity index (χ4v) is 2.50. The first kappa shape index (κ1) is 13.6. The van der Waals surface area contributed by atoms with Crippen LogP contribution in [-0.4, -0.2) is 28.5 Å². The van der Waals surface area contributed by atoms with Crippen molar-refractivity contribution in [3.8, 4) is 0 Å². The Balaban J connectivity index is 1.85. The van der Waals surface area contributed by atoms with Gasteiger partial charge in [-0.25, -0.2) is 0 Å². The molecule has 19 heavy (non-hydrogen) atoms. The molecule has 2 heterocycles. The van der Waals surface area contributed by atoms with Gasteiger partial charge in [0.2, 0.25) is 5.91 Å². The first-order valence-corrected chi connectivity index (χ1v) is 6.84. The van der Waals surface area contributed by atoms with E-state index in [1.54, 1.807) is 16.8 Å². The lowest BCUT2D eigenvalue weighted by molar-refractivity contribution is -0.127. The summed E-state index contributed by atoms with van der Waals surface area (Å²) in [5.74, 6) is 0.745. The fraction of sp³-hybridized carbons (Fsp3) is 0.571. The molecule has 1 unspecified atom stereocenters. The number of aryl methyl sites for hydroxylation is 1. The van der Waals surface area contributed by atoms with E-state index < -0.39 is 0 Å². The first-order valence-electron chi connectivity index (χ1n) is 6.84. The third-order valence-electron chi connectivity index (χ3n) is 3.71. The van der Waals surface area contributed by atoms with Crippen LogP contribution in [0.3, 0.4) is 0 Å². The topological polar surface area (TPSA) is 68.3 Å². The summed E-state index contributed by atoms with van der Waals surface area (Å²) in [5.41, 5.74) is 6.19. The Kier molecular flexibility index (Phi) is 4.24. The van der Waals surface area contributed by atoms with Crippen molar-refractivity contribution in [2.45, 2.75) is 32.7 Å². The number of nitrogen functional groups attached to an aromatic ring is 1. The van der Waals surface area contributed by atoms with Crippen LogP contribution in [0.15, 0.2) is 23.1 Å². The molecule has 1 aliphatic heterocycles. The maximum atomic E-state index is 11.7. The minimum Gasteiger partial charge on any atom is -0.398 e. The zero-order valence-corrected chi connectivity index (χ0v) is 11.3. The van der Waals surface area contributed by atoms with Gasteiger partial charge in [-0.2, -0.15) is 0 Å². The number of hydrogen-bond donors (Lipinski definition) is 1. The van der Waals surface area contributed by atoms with Gasteiger partial charge in [0.05, 0.1) is 0 Å². The molecular weight excluding hydrogens is 242 g/mol. The van der Waals surface area contributed by atoms with Crippen LogP contribution in [0.4, 0.5) is 5.69 Å². The summed E-state index contributed by atoms with van der Waals surface area (Å²) in [6.45, 7) is 4.30. The number of amides is 1. The fourth-order valence-electron chi connectivity index (χ4n) is 2.50. The number of pyridine rings is 1. The quantitative estimate of drug-likeness (QED) is 0.864. The Labute approximate surface area is 113 Å². The highest BCUT2D eigenvalue weighted by Gasteiger charge is 2.27. The summed E-state index contributed by atoms with van der Waals surface area (Å²) in [6.07, 6.45) is 4.17. The number of carbonyl (C=O) groups excluding carboxylic acids is 1. The molecule has 0 radical (unpaired) electrons. The number of hydrogen-bond acceptors (Lipinski definition) is 3. The number of carbonyl (C=O) groups is 1. The maximum Gasteiger partial charge on any atom is 0.250 e. The Hall–Kier alpha value is -1.78. The molecule has 0 bridgehead atoms. The molecular formula is C14H21N3O2. The van der Waals surface area contributed by atoms with Crippen LogP contribution in [-0.2, 0) is 11.3 Å². The van der Waals surface area contributed by atoms with Crippen LogP contribution in [0, 0.1) is 5.92 Å². The first-order chi connectivity index (χ1) is 9.10. The Morgan fingerprint density at radius 3 is 2.79 bits per heavy atom. The van der Waals surface area contributed by atoms with E-state index in [0.717, 1.165) is 25.9 Å². The standard InChI is InChI=1S/C14H21N3O2/c1-2-11-8-14(19)16(9-11)6-3-7-17-10-12(15)4-5-13(17)18/h4-5,10-11H,2-3,6-9,15H2,1H3. The third-order valence-corrected chi connectivity index (χ3v) is 3.71. The highest BCUT2D eigenvalue weighted by atomic mass is 16.2. The van der Waals surface area contributed by atoms with Crippen LogP contribution in [0.5, 0.6) is 0 Å². The maximum absolute atomic E-state index is 11.7. The van der Waals surface area contributed by atoms with Crippen molar-refractivity contribution in [3.05, 3.63) is 28.7 Å². The molecule has 0 spiro atoms. The minimum absolute atomic E-state index is 0.0478. The van der Waals surface area contributed by atoms with Gasteiger partial charge in [0, 0.05) is 44.0 Å². The lowest BCUT2D eigenvalue weighted by Crippen LogP contribution is -2.28. The van der Waals surface area contributed by atoms with Crippen molar-refractivity contribution < 1.29 is 4.79 Å². The number of nitrogens with zero attached hydrogens (tertiary/aromatic N) is 2. The largest absolute Gasteiger partial charge is 0.398 e. The van der Waals surface area contributed by atoms with Gasteiger partial charge in [-0.3, -0.25) is 9.59 Å². The molecule has 1 aromatic heterocycles. The van der Waals surface area contributed by atoms with E-state index in [9.17, 15) is 9.59 Å². The highest BCUT2D eigenvalue weighted by molar-refractivity contribution is 5.78. The monoisotopic (exact) mass is 263 g/mol. The number of likely N-dealkylation sites (tertiary alicyclic amines) is 1. The van der Waals surface area contributed by atoms with E-state index in [4.69, 9.17) is 5.73 Å². The van der Waals surface area contributed by atoms with Crippen LogP contribution in [0.1, 0.15) is 26.2 Å². The van der Waals surface area contributed by atoms with Crippen molar-refractivity contribution in [3.63, 3.8) is 0 Å². The van der Waals surface area contributed by atoms with E-state index in [-0.39, 0.29) is 11.5 Å². The van der Waals surface area contributed by atoms with Crippen molar-refractivity contribution in [1.82, 2.24) is 9.47 Å². The SMILES string of the molecule is CCC1CC(=O)N(CCCn2cc(N)ccc2=O)C1. The Morgan fingerprint density at radius 1 is 1.32 bits per heavy atom. The molecule has 1 aromatic rings. The van der Waals surface area contributed by atoms with E-state index >= 15 is 0 Å². The predicted molar refractivity (Wildman–Crippen MR) is 74.7 cm³/mol. The van der Waals surface area contributed by atoms with Crippen LogP contribution < -0.4 is 11.3 Å². The molecule has 0 saturated carbocycles. The Bertz CT molecular complexity index is 510. The second-order valence-electron chi connectivity index (χ2n) is 5.17. The number of aromatic nitrogens is 1. The summed E-state index contributed by atoms with van der Waals surface area (Å²) >= 11 is 0. The molecule has 104 valence electrons. The van der Waals surface area contributed by atoms with Gasteiger partial charge in [0.15, 0.2) is 0 Å². The van der Waals surface area contributed by atoms with Crippen molar-refractivity contribution in [2.24, 2.45) is 5.92 Å². The molecule has 1 aliphatic rings. The van der Waals surface area contributed by atoms with Gasteiger partial charge >= 0.3 is 0 Å². The van der Waals surface area contributed by atoms with E-state index in [1.807, 2.05) is 4.90 Å². The highest BCUT2D eigenvalue weighted by Crippen LogP contribution is 2.20. The lowest BCUT2D eigenvalue weighted by Gasteiger charge is -2.16. The van der Waals surface area contributed by atoms with E-state index in [2.05, 4.69) is 6.92 Å². The number of anilines is 1. The molecule has 1 atom stereocenters. The van der Waals surface area contributed by atoms with Crippen molar-refractivity contribution in [1.29, 1.82) is 0 Å². The summed E-state index contributed by atoms with van der Waals surface area (Å²) in [6, 6.07) is 3.08. The molecule has 1 amide bonds. The van der Waals surface area contributed by atoms with Gasteiger partial charge < -0.3 is 15.2 Å². The summed E-state index contributed by atoms with van der Waals surface area (Å²) < 4.78 is 1.60. The zero-order chi connectivity index (χ0) is 13.8. The van der Waals surface area contributed by atoms with Crippen LogP contribution in [0.25, 0.3) is 0 Å². The van der Waals surface area contributed by atoms with Gasteiger partial charge in [-0.05, 0) is 18.4 Å². The smallest absolute Gasteiger partial charge is 0.250 e. The normalized spacial score (nSPS) is 19.1. The van der Waals surface area contributed by atoms with Gasteiger partial charge in [-0.15, -0.1) is 0 Å². The molecule has 5 heteroatoms. The summed E-state index contributed by atoms with van der Waals surface area (Å²) in [4.78, 5) is 25.2. The molecule has 1 fully saturated rings. The van der Waals surface area contributed by atoms with E-state index in [1.165, 1.54) is 6.07 Å². The number of rotatable bonds is 5.